The van der Waals surface area contributed by atoms with Crippen LogP contribution in [0.4, 0.5) is 20.4 Å². The van der Waals surface area contributed by atoms with Crippen LogP contribution in [0.3, 0.4) is 0 Å². The zero-order chi connectivity index (χ0) is 19.0. The molecule has 4 rings (SSSR count). The molecule has 0 radical (unpaired) electrons. The van der Waals surface area contributed by atoms with E-state index >= 15 is 0 Å². The maximum absolute atomic E-state index is 13.5. The normalized spacial score (nSPS) is 16.0. The van der Waals surface area contributed by atoms with Crippen molar-refractivity contribution in [3.63, 3.8) is 0 Å². The standard InChI is InChI=1S/C21H22F2N4.ClH/c1-2-17-15(7-8-18(24)25-17)16-5-3-4-14-6-9-19(26-20(14)16)27-12-10-21(22,23)11-13-27;/h3-9H,2,10-13H2,1H3,(H2,24,25);1H. The molecule has 7 heteroatoms. The number of aryl methyl sites for hydroxylation is 1. The molecule has 1 saturated heterocycles. The van der Waals surface area contributed by atoms with Gasteiger partial charge in [-0.3, -0.25) is 0 Å². The minimum atomic E-state index is -2.57. The van der Waals surface area contributed by atoms with E-state index in [0.717, 1.165) is 40.0 Å². The molecular formula is C21H23ClF2N4. The number of alkyl halides is 2. The van der Waals surface area contributed by atoms with Crippen LogP contribution in [0.25, 0.3) is 22.0 Å². The van der Waals surface area contributed by atoms with Crippen LogP contribution in [0.2, 0.25) is 0 Å². The van der Waals surface area contributed by atoms with Crippen molar-refractivity contribution < 1.29 is 8.78 Å². The maximum Gasteiger partial charge on any atom is 0.251 e. The molecule has 1 aliphatic rings. The van der Waals surface area contributed by atoms with Crippen molar-refractivity contribution in [3.05, 3.63) is 48.2 Å². The Morgan fingerprint density at radius 3 is 2.46 bits per heavy atom. The van der Waals surface area contributed by atoms with Gasteiger partial charge in [-0.05, 0) is 30.7 Å². The Labute approximate surface area is 169 Å². The molecule has 4 nitrogen and oxygen atoms in total. The lowest BCUT2D eigenvalue weighted by molar-refractivity contribution is -0.0221. The van der Waals surface area contributed by atoms with Crippen LogP contribution in [0.1, 0.15) is 25.5 Å². The predicted octanol–water partition coefficient (Wildman–Crippen LogP) is 5.10. The molecule has 1 aromatic carbocycles. The fraction of sp³-hybridized carbons (Fsp3) is 0.333. The van der Waals surface area contributed by atoms with Gasteiger partial charge in [-0.25, -0.2) is 18.7 Å². The molecule has 0 bridgehead atoms. The first-order valence-electron chi connectivity index (χ1n) is 9.25. The number of nitrogens with two attached hydrogens (primary N) is 1. The van der Waals surface area contributed by atoms with Crippen molar-refractivity contribution in [2.75, 3.05) is 23.7 Å². The Kier molecular flexibility index (Phi) is 5.70. The summed E-state index contributed by atoms with van der Waals surface area (Å²) in [6.45, 7) is 2.68. The number of nitrogens with zero attached hydrogens (tertiary/aromatic N) is 3. The molecule has 3 heterocycles. The van der Waals surface area contributed by atoms with E-state index in [1.807, 2.05) is 48.2 Å². The van der Waals surface area contributed by atoms with Gasteiger partial charge in [-0.15, -0.1) is 12.4 Å². The quantitative estimate of drug-likeness (QED) is 0.659. The summed E-state index contributed by atoms with van der Waals surface area (Å²) in [4.78, 5) is 11.2. The Hall–Kier alpha value is -2.47. The van der Waals surface area contributed by atoms with Crippen LogP contribution in [-0.4, -0.2) is 29.0 Å². The minimum Gasteiger partial charge on any atom is -0.384 e. The molecular weight excluding hydrogens is 382 g/mol. The number of anilines is 2. The number of halogens is 3. The molecule has 0 spiro atoms. The van der Waals surface area contributed by atoms with Crippen LogP contribution in [0.5, 0.6) is 0 Å². The molecule has 1 aliphatic heterocycles. The first-order chi connectivity index (χ1) is 13.0. The Morgan fingerprint density at radius 1 is 1.00 bits per heavy atom. The summed E-state index contributed by atoms with van der Waals surface area (Å²) in [7, 11) is 0. The van der Waals surface area contributed by atoms with Crippen molar-refractivity contribution in [3.8, 4) is 11.1 Å². The van der Waals surface area contributed by atoms with Gasteiger partial charge in [0.15, 0.2) is 0 Å². The SMILES string of the molecule is CCc1nc(N)ccc1-c1cccc2ccc(N3CCC(F)(F)CC3)nc12.Cl. The number of pyridine rings is 2. The third kappa shape index (κ3) is 3.87. The molecule has 28 heavy (non-hydrogen) atoms. The molecule has 2 N–H and O–H groups in total. The molecule has 1 fully saturated rings. The molecule has 148 valence electrons. The number of benzene rings is 1. The van der Waals surface area contributed by atoms with Gasteiger partial charge in [-0.2, -0.15) is 0 Å². The van der Waals surface area contributed by atoms with Crippen molar-refractivity contribution in [2.24, 2.45) is 0 Å². The van der Waals surface area contributed by atoms with E-state index in [9.17, 15) is 8.78 Å². The Morgan fingerprint density at radius 2 is 1.75 bits per heavy atom. The smallest absolute Gasteiger partial charge is 0.251 e. The van der Waals surface area contributed by atoms with Gasteiger partial charge in [-0.1, -0.05) is 25.1 Å². The lowest BCUT2D eigenvalue weighted by Crippen LogP contribution is -2.39. The number of rotatable bonds is 3. The van der Waals surface area contributed by atoms with E-state index in [4.69, 9.17) is 10.7 Å². The second-order valence-corrected chi connectivity index (χ2v) is 6.97. The van der Waals surface area contributed by atoms with Crippen LogP contribution in [0, 0.1) is 0 Å². The number of hydrogen-bond acceptors (Lipinski definition) is 4. The Bertz CT molecular complexity index is 983. The summed E-state index contributed by atoms with van der Waals surface area (Å²) >= 11 is 0. The average molecular weight is 405 g/mol. The first-order valence-corrected chi connectivity index (χ1v) is 9.25. The number of para-hydroxylation sites is 1. The molecule has 0 amide bonds. The van der Waals surface area contributed by atoms with Crippen molar-refractivity contribution in [1.82, 2.24) is 9.97 Å². The molecule has 0 aliphatic carbocycles. The predicted molar refractivity (Wildman–Crippen MR) is 112 cm³/mol. The van der Waals surface area contributed by atoms with Crippen LogP contribution in [-0.2, 0) is 6.42 Å². The number of nitrogen functional groups attached to an aromatic ring is 1. The average Bonchev–Trinajstić information content (AvgIpc) is 2.67. The zero-order valence-electron chi connectivity index (χ0n) is 15.7. The third-order valence-electron chi connectivity index (χ3n) is 5.15. The summed E-state index contributed by atoms with van der Waals surface area (Å²) < 4.78 is 27.0. The van der Waals surface area contributed by atoms with Crippen LogP contribution in [0.15, 0.2) is 42.5 Å². The fourth-order valence-electron chi connectivity index (χ4n) is 3.63. The largest absolute Gasteiger partial charge is 0.384 e. The van der Waals surface area contributed by atoms with Gasteiger partial charge in [0.05, 0.1) is 11.2 Å². The van der Waals surface area contributed by atoms with Crippen molar-refractivity contribution in [2.45, 2.75) is 32.1 Å². The van der Waals surface area contributed by atoms with Gasteiger partial charge in [0.2, 0.25) is 0 Å². The van der Waals surface area contributed by atoms with Gasteiger partial charge < -0.3 is 10.6 Å². The minimum absolute atomic E-state index is 0. The molecule has 2 aromatic heterocycles. The lowest BCUT2D eigenvalue weighted by atomic mass is 9.99. The maximum atomic E-state index is 13.5. The van der Waals surface area contributed by atoms with E-state index in [-0.39, 0.29) is 25.2 Å². The zero-order valence-corrected chi connectivity index (χ0v) is 16.5. The van der Waals surface area contributed by atoms with E-state index < -0.39 is 5.92 Å². The van der Waals surface area contributed by atoms with Crippen LogP contribution < -0.4 is 10.6 Å². The summed E-state index contributed by atoms with van der Waals surface area (Å²) in [6.07, 6.45) is 0.504. The van der Waals surface area contributed by atoms with Gasteiger partial charge in [0.25, 0.3) is 5.92 Å². The summed E-state index contributed by atoms with van der Waals surface area (Å²) in [6, 6.07) is 13.7. The highest BCUT2D eigenvalue weighted by molar-refractivity contribution is 5.95. The second-order valence-electron chi connectivity index (χ2n) is 6.97. The van der Waals surface area contributed by atoms with Crippen LogP contribution >= 0.6 is 12.4 Å². The third-order valence-corrected chi connectivity index (χ3v) is 5.15. The topological polar surface area (TPSA) is 55.0 Å². The monoisotopic (exact) mass is 404 g/mol. The highest BCUT2D eigenvalue weighted by Crippen LogP contribution is 2.33. The van der Waals surface area contributed by atoms with E-state index in [0.29, 0.717) is 18.9 Å². The number of aromatic nitrogens is 2. The van der Waals surface area contributed by atoms with E-state index in [1.165, 1.54) is 0 Å². The highest BCUT2D eigenvalue weighted by atomic mass is 35.5. The van der Waals surface area contributed by atoms with Crippen molar-refractivity contribution >= 4 is 34.9 Å². The fourth-order valence-corrected chi connectivity index (χ4v) is 3.63. The summed E-state index contributed by atoms with van der Waals surface area (Å²) in [5.41, 5.74) is 9.61. The van der Waals surface area contributed by atoms with Gasteiger partial charge in [0.1, 0.15) is 11.6 Å². The summed E-state index contributed by atoms with van der Waals surface area (Å²) in [5.74, 6) is -1.32. The summed E-state index contributed by atoms with van der Waals surface area (Å²) in [5, 5.41) is 1.01. The van der Waals surface area contributed by atoms with E-state index in [1.54, 1.807) is 6.07 Å². The van der Waals surface area contributed by atoms with Gasteiger partial charge in [0, 0.05) is 42.4 Å². The molecule has 3 aromatic rings. The number of piperidine rings is 1. The number of hydrogen-bond donors (Lipinski definition) is 1. The second kappa shape index (κ2) is 7.87. The molecule has 0 unspecified atom stereocenters. The highest BCUT2D eigenvalue weighted by Gasteiger charge is 2.34. The lowest BCUT2D eigenvalue weighted by Gasteiger charge is -2.32. The Balaban J connectivity index is 0.00000225. The first kappa shape index (κ1) is 20.3. The number of fused-ring (bicyclic) bond motifs is 1. The van der Waals surface area contributed by atoms with E-state index in [2.05, 4.69) is 4.98 Å². The molecule has 0 saturated carbocycles. The molecule has 0 atom stereocenters. The van der Waals surface area contributed by atoms with Crippen molar-refractivity contribution in [1.29, 1.82) is 0 Å². The van der Waals surface area contributed by atoms with Gasteiger partial charge >= 0.3 is 0 Å².